The highest BCUT2D eigenvalue weighted by atomic mass is 15.2. The predicted molar refractivity (Wildman–Crippen MR) is 94.8 cm³/mol. The molecule has 25 heavy (non-hydrogen) atoms. The van der Waals surface area contributed by atoms with Crippen LogP contribution in [-0.2, 0) is 0 Å². The fourth-order valence-corrected chi connectivity index (χ4v) is 2.73. The summed E-state index contributed by atoms with van der Waals surface area (Å²) in [4.78, 5) is 17.9. The molecule has 2 saturated carbocycles. The van der Waals surface area contributed by atoms with E-state index >= 15 is 0 Å². The zero-order valence-electron chi connectivity index (χ0n) is 14.2. The Morgan fingerprint density at radius 3 is 2.64 bits per heavy atom. The number of pyridine rings is 1. The molecule has 1 atom stereocenters. The molecular weight excluding hydrogens is 314 g/mol. The minimum absolute atomic E-state index is 0.338. The van der Waals surface area contributed by atoms with Crippen LogP contribution < -0.4 is 10.6 Å². The van der Waals surface area contributed by atoms with Gasteiger partial charge in [0, 0.05) is 12.6 Å². The van der Waals surface area contributed by atoms with Gasteiger partial charge in [-0.3, -0.25) is 0 Å². The SMILES string of the molecule is CC(Nc1nc(NCC2CC2)nc(-c2cccc(C#N)n2)n1)C1CC1. The van der Waals surface area contributed by atoms with Crippen LogP contribution in [0.1, 0.15) is 38.3 Å². The van der Waals surface area contributed by atoms with Gasteiger partial charge in [-0.25, -0.2) is 4.98 Å². The van der Waals surface area contributed by atoms with E-state index < -0.39 is 0 Å². The Labute approximate surface area is 146 Å². The van der Waals surface area contributed by atoms with Crippen LogP contribution in [0.4, 0.5) is 11.9 Å². The maximum atomic E-state index is 9.07. The molecule has 0 amide bonds. The van der Waals surface area contributed by atoms with Crippen LogP contribution >= 0.6 is 0 Å². The molecule has 0 spiro atoms. The van der Waals surface area contributed by atoms with Crippen LogP contribution in [0.25, 0.3) is 11.5 Å². The molecule has 2 aromatic heterocycles. The van der Waals surface area contributed by atoms with Gasteiger partial charge in [-0.05, 0) is 56.6 Å². The van der Waals surface area contributed by atoms with Crippen molar-refractivity contribution in [2.75, 3.05) is 17.2 Å². The highest BCUT2D eigenvalue weighted by Gasteiger charge is 2.28. The molecule has 4 rings (SSSR count). The third-order valence-corrected chi connectivity index (χ3v) is 4.66. The maximum absolute atomic E-state index is 9.07. The third-order valence-electron chi connectivity index (χ3n) is 4.66. The predicted octanol–water partition coefficient (Wildman–Crippen LogP) is 2.84. The quantitative estimate of drug-likeness (QED) is 0.802. The molecule has 2 heterocycles. The van der Waals surface area contributed by atoms with Crippen molar-refractivity contribution in [2.45, 2.75) is 38.6 Å². The average molecular weight is 335 g/mol. The molecule has 0 aromatic carbocycles. The number of nitriles is 1. The molecule has 2 N–H and O–H groups in total. The van der Waals surface area contributed by atoms with E-state index in [1.165, 1.54) is 25.7 Å². The summed E-state index contributed by atoms with van der Waals surface area (Å²) < 4.78 is 0. The Bertz CT molecular complexity index is 805. The van der Waals surface area contributed by atoms with Gasteiger partial charge >= 0.3 is 0 Å². The van der Waals surface area contributed by atoms with E-state index in [0.29, 0.717) is 41.1 Å². The summed E-state index contributed by atoms with van der Waals surface area (Å²) >= 11 is 0. The zero-order valence-corrected chi connectivity index (χ0v) is 14.2. The second-order valence-electron chi connectivity index (χ2n) is 6.92. The lowest BCUT2D eigenvalue weighted by molar-refractivity contribution is 0.685. The van der Waals surface area contributed by atoms with Gasteiger partial charge in [-0.15, -0.1) is 0 Å². The van der Waals surface area contributed by atoms with Crippen LogP contribution in [0.15, 0.2) is 18.2 Å². The number of nitrogens with zero attached hydrogens (tertiary/aromatic N) is 5. The fourth-order valence-electron chi connectivity index (χ4n) is 2.73. The molecule has 0 aliphatic heterocycles. The minimum atomic E-state index is 0.338. The zero-order chi connectivity index (χ0) is 17.2. The molecule has 1 unspecified atom stereocenters. The van der Waals surface area contributed by atoms with Crippen molar-refractivity contribution >= 4 is 11.9 Å². The number of hydrogen-bond donors (Lipinski definition) is 2. The summed E-state index contributed by atoms with van der Waals surface area (Å²) in [6, 6.07) is 7.67. The summed E-state index contributed by atoms with van der Waals surface area (Å²) in [5.74, 6) is 3.03. The first-order valence-electron chi connectivity index (χ1n) is 8.85. The lowest BCUT2D eigenvalue weighted by Crippen LogP contribution is -2.20. The summed E-state index contributed by atoms with van der Waals surface area (Å²) in [7, 11) is 0. The highest BCUT2D eigenvalue weighted by molar-refractivity contribution is 5.54. The number of hydrogen-bond acceptors (Lipinski definition) is 7. The molecule has 2 aliphatic carbocycles. The Hall–Kier alpha value is -2.75. The van der Waals surface area contributed by atoms with Crippen LogP contribution in [0.2, 0.25) is 0 Å². The monoisotopic (exact) mass is 335 g/mol. The first kappa shape index (κ1) is 15.8. The summed E-state index contributed by atoms with van der Waals surface area (Å²) in [6.07, 6.45) is 5.04. The first-order valence-corrected chi connectivity index (χ1v) is 8.85. The summed E-state index contributed by atoms with van der Waals surface area (Å²) in [6.45, 7) is 3.04. The highest BCUT2D eigenvalue weighted by Crippen LogP contribution is 2.34. The number of aromatic nitrogens is 4. The van der Waals surface area contributed by atoms with Gasteiger partial charge in [-0.1, -0.05) is 6.07 Å². The molecule has 0 bridgehead atoms. The lowest BCUT2D eigenvalue weighted by atomic mass is 10.2. The number of rotatable bonds is 7. The molecule has 0 radical (unpaired) electrons. The van der Waals surface area contributed by atoms with E-state index in [2.05, 4.69) is 43.6 Å². The Morgan fingerprint density at radius 1 is 1.12 bits per heavy atom. The second kappa shape index (κ2) is 6.63. The smallest absolute Gasteiger partial charge is 0.228 e. The van der Waals surface area contributed by atoms with E-state index in [4.69, 9.17) is 5.26 Å². The standard InChI is InChI=1S/C18H21N7/c1-11(13-7-8-13)21-18-24-16(15-4-2-3-14(9-19)22-15)23-17(25-18)20-10-12-5-6-12/h2-4,11-13H,5-8,10H2,1H3,(H2,20,21,23,24,25). The van der Waals surface area contributed by atoms with Gasteiger partial charge in [0.25, 0.3) is 0 Å². The van der Waals surface area contributed by atoms with E-state index in [1.54, 1.807) is 12.1 Å². The van der Waals surface area contributed by atoms with Crippen molar-refractivity contribution in [3.8, 4) is 17.6 Å². The van der Waals surface area contributed by atoms with Crippen LogP contribution in [0, 0.1) is 23.2 Å². The van der Waals surface area contributed by atoms with E-state index in [9.17, 15) is 0 Å². The van der Waals surface area contributed by atoms with Gasteiger partial charge < -0.3 is 10.6 Å². The van der Waals surface area contributed by atoms with Gasteiger partial charge in [0.2, 0.25) is 11.9 Å². The van der Waals surface area contributed by atoms with Crippen LogP contribution in [-0.4, -0.2) is 32.5 Å². The van der Waals surface area contributed by atoms with Crippen molar-refractivity contribution in [1.82, 2.24) is 19.9 Å². The third kappa shape index (κ3) is 4.02. The van der Waals surface area contributed by atoms with Crippen molar-refractivity contribution in [3.05, 3.63) is 23.9 Å². The van der Waals surface area contributed by atoms with Crippen molar-refractivity contribution in [1.29, 1.82) is 5.26 Å². The maximum Gasteiger partial charge on any atom is 0.228 e. The lowest BCUT2D eigenvalue weighted by Gasteiger charge is -2.14. The van der Waals surface area contributed by atoms with Crippen LogP contribution in [0.3, 0.4) is 0 Å². The molecule has 7 heteroatoms. The van der Waals surface area contributed by atoms with Gasteiger partial charge in [0.15, 0.2) is 5.82 Å². The molecule has 2 aromatic rings. The normalized spacial score (nSPS) is 17.6. The van der Waals surface area contributed by atoms with E-state index in [0.717, 1.165) is 12.5 Å². The topological polar surface area (TPSA) is 99.4 Å². The average Bonchev–Trinajstić information content (AvgIpc) is 3.53. The molecule has 128 valence electrons. The molecule has 2 aliphatic rings. The molecule has 7 nitrogen and oxygen atoms in total. The van der Waals surface area contributed by atoms with Gasteiger partial charge in [0.1, 0.15) is 17.5 Å². The van der Waals surface area contributed by atoms with Crippen molar-refractivity contribution in [3.63, 3.8) is 0 Å². The minimum Gasteiger partial charge on any atom is -0.354 e. The molecule has 2 fully saturated rings. The molecular formula is C18H21N7. The Kier molecular flexibility index (Phi) is 4.18. The van der Waals surface area contributed by atoms with Crippen molar-refractivity contribution in [2.24, 2.45) is 11.8 Å². The van der Waals surface area contributed by atoms with E-state index in [-0.39, 0.29) is 0 Å². The van der Waals surface area contributed by atoms with Gasteiger partial charge in [-0.2, -0.15) is 20.2 Å². The van der Waals surface area contributed by atoms with Crippen LogP contribution in [0.5, 0.6) is 0 Å². The summed E-state index contributed by atoms with van der Waals surface area (Å²) in [5.41, 5.74) is 0.935. The van der Waals surface area contributed by atoms with Gasteiger partial charge in [0.05, 0.1) is 0 Å². The Morgan fingerprint density at radius 2 is 1.92 bits per heavy atom. The Balaban J connectivity index is 1.62. The largest absolute Gasteiger partial charge is 0.354 e. The van der Waals surface area contributed by atoms with E-state index in [1.807, 2.05) is 6.07 Å². The first-order chi connectivity index (χ1) is 12.2. The number of anilines is 2. The summed E-state index contributed by atoms with van der Waals surface area (Å²) in [5, 5.41) is 15.8. The fraction of sp³-hybridized carbons (Fsp3) is 0.500. The number of nitrogens with one attached hydrogen (secondary N) is 2. The van der Waals surface area contributed by atoms with Crippen molar-refractivity contribution < 1.29 is 0 Å². The molecule has 0 saturated heterocycles. The second-order valence-corrected chi connectivity index (χ2v) is 6.92.